The number of nitrogens with zero attached hydrogens (tertiary/aromatic N) is 3. The quantitative estimate of drug-likeness (QED) is 0.770. The molecule has 1 aromatic carbocycles. The van der Waals surface area contributed by atoms with Crippen molar-refractivity contribution < 1.29 is 4.79 Å². The van der Waals surface area contributed by atoms with Gasteiger partial charge in [-0.15, -0.1) is 0 Å². The number of rotatable bonds is 4. The fraction of sp³-hybridized carbons (Fsp3) is 0.353. The minimum atomic E-state index is -0.317. The second-order valence-electron chi connectivity index (χ2n) is 6.16. The number of aromatic nitrogens is 4. The van der Waals surface area contributed by atoms with Crippen LogP contribution in [0.4, 0.5) is 0 Å². The van der Waals surface area contributed by atoms with Gasteiger partial charge < -0.3 is 14.9 Å². The lowest BCUT2D eigenvalue weighted by molar-refractivity contribution is 0.0929. The predicted molar refractivity (Wildman–Crippen MR) is 92.0 cm³/mol. The summed E-state index contributed by atoms with van der Waals surface area (Å²) in [6.45, 7) is 6.06. The van der Waals surface area contributed by atoms with Gasteiger partial charge in [0, 0.05) is 19.3 Å². The highest BCUT2D eigenvalue weighted by molar-refractivity contribution is 5.92. The lowest BCUT2D eigenvalue weighted by Crippen LogP contribution is -2.31. The van der Waals surface area contributed by atoms with Gasteiger partial charge in [-0.05, 0) is 32.9 Å². The molecule has 0 saturated carbocycles. The maximum atomic E-state index is 12.4. The van der Waals surface area contributed by atoms with Crippen molar-refractivity contribution in [1.29, 1.82) is 0 Å². The first-order chi connectivity index (χ1) is 11.4. The third-order valence-electron chi connectivity index (χ3n) is 4.11. The van der Waals surface area contributed by atoms with E-state index < -0.39 is 0 Å². The predicted octanol–water partition coefficient (Wildman–Crippen LogP) is 2.13. The molecule has 7 nitrogen and oxygen atoms in total. The number of nitrogens with one attached hydrogen (secondary N) is 2. The van der Waals surface area contributed by atoms with E-state index in [4.69, 9.17) is 0 Å². The third kappa shape index (κ3) is 2.62. The molecule has 2 N–H and O–H groups in total. The van der Waals surface area contributed by atoms with Gasteiger partial charge in [-0.3, -0.25) is 9.36 Å². The number of amides is 1. The SMILES string of the molecule is CC(NC(=O)c1c[nH]c(=O)n1C)c1nc2ccccc2n1C(C)C. The van der Waals surface area contributed by atoms with Crippen molar-refractivity contribution in [2.45, 2.75) is 32.9 Å². The summed E-state index contributed by atoms with van der Waals surface area (Å²) in [5.41, 5.74) is 1.91. The second kappa shape index (κ2) is 5.99. The molecule has 1 unspecified atom stereocenters. The first-order valence-electron chi connectivity index (χ1n) is 7.92. The zero-order chi connectivity index (χ0) is 17.4. The number of para-hydroxylation sites is 2. The zero-order valence-corrected chi connectivity index (χ0v) is 14.2. The largest absolute Gasteiger partial charge is 0.341 e. The van der Waals surface area contributed by atoms with Crippen LogP contribution in [0.15, 0.2) is 35.3 Å². The normalized spacial score (nSPS) is 12.7. The molecule has 0 aliphatic rings. The van der Waals surface area contributed by atoms with Crippen molar-refractivity contribution >= 4 is 16.9 Å². The molecule has 7 heteroatoms. The van der Waals surface area contributed by atoms with Crippen LogP contribution in [0.2, 0.25) is 0 Å². The van der Waals surface area contributed by atoms with E-state index in [1.807, 2.05) is 31.2 Å². The van der Waals surface area contributed by atoms with Crippen molar-refractivity contribution in [3.05, 3.63) is 52.5 Å². The van der Waals surface area contributed by atoms with Crippen LogP contribution in [0, 0.1) is 0 Å². The Kier molecular flexibility index (Phi) is 4.01. The van der Waals surface area contributed by atoms with Gasteiger partial charge in [0.1, 0.15) is 11.5 Å². The van der Waals surface area contributed by atoms with E-state index in [1.165, 1.54) is 10.8 Å². The molecule has 3 aromatic rings. The summed E-state index contributed by atoms with van der Waals surface area (Å²) < 4.78 is 3.41. The first kappa shape index (κ1) is 16.0. The molecule has 1 atom stereocenters. The lowest BCUT2D eigenvalue weighted by atomic mass is 10.2. The fourth-order valence-corrected chi connectivity index (χ4v) is 2.90. The number of benzene rings is 1. The Morgan fingerprint density at radius 3 is 2.58 bits per heavy atom. The molecule has 24 heavy (non-hydrogen) atoms. The number of fused-ring (bicyclic) bond motifs is 1. The van der Waals surface area contributed by atoms with Gasteiger partial charge in [-0.2, -0.15) is 0 Å². The van der Waals surface area contributed by atoms with Crippen LogP contribution in [0.25, 0.3) is 11.0 Å². The number of H-pyrrole nitrogens is 1. The maximum Gasteiger partial charge on any atom is 0.325 e. The van der Waals surface area contributed by atoms with Gasteiger partial charge in [0.25, 0.3) is 5.91 Å². The Bertz CT molecular complexity index is 947. The Hall–Kier alpha value is -2.83. The molecule has 126 valence electrons. The molecule has 0 aliphatic carbocycles. The molecule has 3 rings (SSSR count). The minimum absolute atomic E-state index is 0.211. The van der Waals surface area contributed by atoms with Gasteiger partial charge in [-0.25, -0.2) is 9.78 Å². The summed E-state index contributed by atoms with van der Waals surface area (Å²) in [6, 6.07) is 7.83. The molecule has 2 aromatic heterocycles. The number of hydrogen-bond acceptors (Lipinski definition) is 3. The molecular weight excluding hydrogens is 306 g/mol. The summed E-state index contributed by atoms with van der Waals surface area (Å²) in [5, 5.41) is 2.92. The Labute approximate surface area is 139 Å². The monoisotopic (exact) mass is 327 g/mol. The first-order valence-corrected chi connectivity index (χ1v) is 7.92. The fourth-order valence-electron chi connectivity index (χ4n) is 2.90. The van der Waals surface area contributed by atoms with Crippen molar-refractivity contribution in [1.82, 2.24) is 24.4 Å². The maximum absolute atomic E-state index is 12.4. The van der Waals surface area contributed by atoms with Crippen LogP contribution in [-0.2, 0) is 7.05 Å². The van der Waals surface area contributed by atoms with Crippen LogP contribution >= 0.6 is 0 Å². The van der Waals surface area contributed by atoms with Gasteiger partial charge in [0.05, 0.1) is 17.1 Å². The highest BCUT2D eigenvalue weighted by atomic mass is 16.2. The minimum Gasteiger partial charge on any atom is -0.341 e. The molecule has 1 amide bonds. The summed E-state index contributed by atoms with van der Waals surface area (Å²) in [6.07, 6.45) is 1.41. The molecule has 0 saturated heterocycles. The van der Waals surface area contributed by atoms with Crippen LogP contribution in [-0.4, -0.2) is 25.0 Å². The van der Waals surface area contributed by atoms with E-state index in [2.05, 4.69) is 33.7 Å². The lowest BCUT2D eigenvalue weighted by Gasteiger charge is -2.18. The van der Waals surface area contributed by atoms with E-state index in [0.29, 0.717) is 5.69 Å². The smallest absolute Gasteiger partial charge is 0.325 e. The van der Waals surface area contributed by atoms with Gasteiger partial charge in [0.2, 0.25) is 0 Å². The van der Waals surface area contributed by atoms with Crippen molar-refractivity contribution in [3.8, 4) is 0 Å². The summed E-state index contributed by atoms with van der Waals surface area (Å²) in [4.78, 5) is 31.1. The van der Waals surface area contributed by atoms with Crippen molar-refractivity contribution in [2.75, 3.05) is 0 Å². The van der Waals surface area contributed by atoms with Crippen LogP contribution in [0.3, 0.4) is 0 Å². The zero-order valence-electron chi connectivity index (χ0n) is 14.2. The van der Waals surface area contributed by atoms with Gasteiger partial charge in [-0.1, -0.05) is 12.1 Å². The topological polar surface area (TPSA) is 84.7 Å². The van der Waals surface area contributed by atoms with Gasteiger partial charge in [0.15, 0.2) is 0 Å². The van der Waals surface area contributed by atoms with Crippen molar-refractivity contribution in [2.24, 2.45) is 7.05 Å². The summed E-state index contributed by atoms with van der Waals surface area (Å²) in [5.74, 6) is 0.478. The Morgan fingerprint density at radius 2 is 1.96 bits per heavy atom. The molecule has 0 bridgehead atoms. The number of aromatic amines is 1. The number of hydrogen-bond donors (Lipinski definition) is 2. The van der Waals surface area contributed by atoms with E-state index in [1.54, 1.807) is 7.05 Å². The Balaban J connectivity index is 1.95. The molecular formula is C17H21N5O2. The van der Waals surface area contributed by atoms with E-state index in [9.17, 15) is 9.59 Å². The summed E-state index contributed by atoms with van der Waals surface area (Å²) >= 11 is 0. The summed E-state index contributed by atoms with van der Waals surface area (Å²) in [7, 11) is 1.56. The molecule has 0 aliphatic heterocycles. The second-order valence-corrected chi connectivity index (χ2v) is 6.16. The molecule has 0 radical (unpaired) electrons. The molecule has 0 spiro atoms. The van der Waals surface area contributed by atoms with Crippen molar-refractivity contribution in [3.63, 3.8) is 0 Å². The number of imidazole rings is 2. The molecule has 2 heterocycles. The van der Waals surface area contributed by atoms with E-state index in [0.717, 1.165) is 16.9 Å². The van der Waals surface area contributed by atoms with E-state index >= 15 is 0 Å². The highest BCUT2D eigenvalue weighted by Gasteiger charge is 2.21. The van der Waals surface area contributed by atoms with Gasteiger partial charge >= 0.3 is 5.69 Å². The van der Waals surface area contributed by atoms with E-state index in [-0.39, 0.29) is 23.7 Å². The number of carbonyl (C=O) groups is 1. The van der Waals surface area contributed by atoms with Crippen LogP contribution < -0.4 is 11.0 Å². The number of carbonyl (C=O) groups excluding carboxylic acids is 1. The average molecular weight is 327 g/mol. The van der Waals surface area contributed by atoms with Crippen LogP contribution in [0.5, 0.6) is 0 Å². The Morgan fingerprint density at radius 1 is 1.25 bits per heavy atom. The highest BCUT2D eigenvalue weighted by Crippen LogP contribution is 2.24. The third-order valence-corrected chi connectivity index (χ3v) is 4.11. The molecule has 0 fully saturated rings. The average Bonchev–Trinajstić information content (AvgIpc) is 3.08. The van der Waals surface area contributed by atoms with Crippen LogP contribution in [0.1, 0.15) is 49.2 Å². The standard InChI is InChI=1S/C17H21N5O2/c1-10(2)22-13-8-6-5-7-12(13)20-15(22)11(3)19-16(23)14-9-18-17(24)21(14)4/h5-11H,1-4H3,(H,18,24)(H,19,23).